The lowest BCUT2D eigenvalue weighted by Crippen LogP contribution is -2.05. The van der Waals surface area contributed by atoms with Crippen molar-refractivity contribution in [1.82, 2.24) is 4.98 Å². The van der Waals surface area contributed by atoms with Crippen LogP contribution in [0.5, 0.6) is 5.88 Å². The Balaban J connectivity index is 2.15. The zero-order valence-corrected chi connectivity index (χ0v) is 10.3. The summed E-state index contributed by atoms with van der Waals surface area (Å²) in [7, 11) is 1.49. The molecule has 19 heavy (non-hydrogen) atoms. The zero-order chi connectivity index (χ0) is 13.8. The number of nitrogens with zero attached hydrogens (tertiary/aromatic N) is 1. The van der Waals surface area contributed by atoms with Crippen LogP contribution in [-0.2, 0) is 6.42 Å². The third-order valence-electron chi connectivity index (χ3n) is 2.80. The van der Waals surface area contributed by atoms with E-state index in [-0.39, 0.29) is 12.0 Å². The number of benzene rings is 1. The molecule has 2 aromatic rings. The van der Waals surface area contributed by atoms with Crippen molar-refractivity contribution in [3.05, 3.63) is 59.3 Å². The van der Waals surface area contributed by atoms with E-state index in [0.29, 0.717) is 11.4 Å². The summed E-state index contributed by atoms with van der Waals surface area (Å²) in [6.45, 7) is 0. The van der Waals surface area contributed by atoms with Crippen LogP contribution in [0.15, 0.2) is 36.5 Å². The minimum Gasteiger partial charge on any atom is -0.481 e. The lowest BCUT2D eigenvalue weighted by Gasteiger charge is -2.12. The standard InChI is InChI=1S/C14H13F2NO2/c1-19-13-6-5-10(8-17-13)12(18)7-9-3-2-4-11(15)14(9)16/h2-6,8,12,18H,7H2,1H3. The van der Waals surface area contributed by atoms with Crippen LogP contribution >= 0.6 is 0 Å². The average molecular weight is 265 g/mol. The van der Waals surface area contributed by atoms with Crippen molar-refractivity contribution in [3.63, 3.8) is 0 Å². The molecule has 1 aromatic heterocycles. The molecule has 5 heteroatoms. The molecule has 1 heterocycles. The molecule has 2 rings (SSSR count). The van der Waals surface area contributed by atoms with Crippen molar-refractivity contribution < 1.29 is 18.6 Å². The summed E-state index contributed by atoms with van der Waals surface area (Å²) >= 11 is 0. The first-order chi connectivity index (χ1) is 9.11. The Hall–Kier alpha value is -2.01. The van der Waals surface area contributed by atoms with Gasteiger partial charge < -0.3 is 9.84 Å². The first kappa shape index (κ1) is 13.4. The second kappa shape index (κ2) is 5.75. The maximum atomic E-state index is 13.5. The number of ether oxygens (including phenoxy) is 1. The third kappa shape index (κ3) is 3.06. The van der Waals surface area contributed by atoms with Crippen molar-refractivity contribution in [2.75, 3.05) is 7.11 Å². The van der Waals surface area contributed by atoms with Gasteiger partial charge in [-0.1, -0.05) is 12.1 Å². The van der Waals surface area contributed by atoms with Crippen molar-refractivity contribution in [1.29, 1.82) is 0 Å². The Kier molecular flexibility index (Phi) is 4.06. The normalized spacial score (nSPS) is 12.2. The Bertz CT molecular complexity index is 558. The minimum atomic E-state index is -0.949. The first-order valence-corrected chi connectivity index (χ1v) is 5.72. The first-order valence-electron chi connectivity index (χ1n) is 5.72. The molecular formula is C14H13F2NO2. The van der Waals surface area contributed by atoms with Gasteiger partial charge >= 0.3 is 0 Å². The SMILES string of the molecule is COc1ccc(C(O)Cc2cccc(F)c2F)cn1. The van der Waals surface area contributed by atoms with Crippen LogP contribution in [0.25, 0.3) is 0 Å². The molecule has 1 atom stereocenters. The summed E-state index contributed by atoms with van der Waals surface area (Å²) in [5.41, 5.74) is 0.646. The van der Waals surface area contributed by atoms with Crippen LogP contribution in [0.4, 0.5) is 8.78 Å². The molecule has 0 aliphatic carbocycles. The van der Waals surface area contributed by atoms with Gasteiger partial charge in [-0.05, 0) is 23.3 Å². The zero-order valence-electron chi connectivity index (χ0n) is 10.3. The lowest BCUT2D eigenvalue weighted by molar-refractivity contribution is 0.176. The van der Waals surface area contributed by atoms with E-state index < -0.39 is 17.7 Å². The Morgan fingerprint density at radius 2 is 2.05 bits per heavy atom. The largest absolute Gasteiger partial charge is 0.481 e. The van der Waals surface area contributed by atoms with Crippen molar-refractivity contribution in [2.45, 2.75) is 12.5 Å². The molecular weight excluding hydrogens is 252 g/mol. The van der Waals surface area contributed by atoms with Crippen LogP contribution < -0.4 is 4.74 Å². The number of rotatable bonds is 4. The minimum absolute atomic E-state index is 0.0163. The van der Waals surface area contributed by atoms with Gasteiger partial charge in [0, 0.05) is 18.7 Å². The monoisotopic (exact) mass is 265 g/mol. The number of methoxy groups -OCH3 is 1. The van der Waals surface area contributed by atoms with Crippen molar-refractivity contribution in [3.8, 4) is 5.88 Å². The van der Waals surface area contributed by atoms with Gasteiger partial charge in [0.15, 0.2) is 11.6 Å². The molecule has 0 radical (unpaired) electrons. The summed E-state index contributed by atoms with van der Waals surface area (Å²) in [5, 5.41) is 9.98. The summed E-state index contributed by atoms with van der Waals surface area (Å²) < 4.78 is 31.4. The third-order valence-corrected chi connectivity index (χ3v) is 2.80. The van der Waals surface area contributed by atoms with E-state index in [1.807, 2.05) is 0 Å². The fourth-order valence-electron chi connectivity index (χ4n) is 1.74. The van der Waals surface area contributed by atoms with Gasteiger partial charge in [-0.15, -0.1) is 0 Å². The number of aliphatic hydroxyl groups excluding tert-OH is 1. The molecule has 0 saturated heterocycles. The van der Waals surface area contributed by atoms with E-state index >= 15 is 0 Å². The van der Waals surface area contributed by atoms with Gasteiger partial charge in [-0.2, -0.15) is 0 Å². The maximum absolute atomic E-state index is 13.5. The summed E-state index contributed by atoms with van der Waals surface area (Å²) in [5.74, 6) is -1.42. The van der Waals surface area contributed by atoms with E-state index in [1.165, 1.54) is 25.4 Å². The van der Waals surface area contributed by atoms with Crippen molar-refractivity contribution >= 4 is 0 Å². The van der Waals surface area contributed by atoms with E-state index in [2.05, 4.69) is 4.98 Å². The molecule has 0 saturated carbocycles. The summed E-state index contributed by atoms with van der Waals surface area (Å²) in [6, 6.07) is 7.12. The molecule has 3 nitrogen and oxygen atoms in total. The highest BCUT2D eigenvalue weighted by Gasteiger charge is 2.14. The second-order valence-corrected chi connectivity index (χ2v) is 4.07. The molecule has 0 amide bonds. The highest BCUT2D eigenvalue weighted by Crippen LogP contribution is 2.21. The smallest absolute Gasteiger partial charge is 0.212 e. The van der Waals surface area contributed by atoms with E-state index in [0.717, 1.165) is 6.07 Å². The average Bonchev–Trinajstić information content (AvgIpc) is 2.44. The molecule has 1 N–H and O–H groups in total. The van der Waals surface area contributed by atoms with Gasteiger partial charge in [-0.25, -0.2) is 13.8 Å². The summed E-state index contributed by atoms with van der Waals surface area (Å²) in [6.07, 6.45) is 0.480. The van der Waals surface area contributed by atoms with Gasteiger partial charge in [0.2, 0.25) is 5.88 Å². The number of halogens is 2. The van der Waals surface area contributed by atoms with Gasteiger partial charge in [0.1, 0.15) is 0 Å². The molecule has 0 aliphatic heterocycles. The maximum Gasteiger partial charge on any atom is 0.212 e. The Morgan fingerprint density at radius 1 is 1.26 bits per heavy atom. The van der Waals surface area contributed by atoms with Gasteiger partial charge in [0.25, 0.3) is 0 Å². The van der Waals surface area contributed by atoms with Crippen LogP contribution in [0.3, 0.4) is 0 Å². The molecule has 1 unspecified atom stereocenters. The van der Waals surface area contributed by atoms with Crippen LogP contribution in [0.2, 0.25) is 0 Å². The number of pyridine rings is 1. The molecule has 0 spiro atoms. The molecule has 0 bridgehead atoms. The predicted octanol–water partition coefficient (Wildman–Crippen LogP) is 2.64. The van der Waals surface area contributed by atoms with E-state index in [4.69, 9.17) is 4.74 Å². The van der Waals surface area contributed by atoms with E-state index in [1.54, 1.807) is 12.1 Å². The summed E-state index contributed by atoms with van der Waals surface area (Å²) in [4.78, 5) is 3.95. The molecule has 0 fully saturated rings. The highest BCUT2D eigenvalue weighted by molar-refractivity contribution is 5.24. The quantitative estimate of drug-likeness (QED) is 0.924. The Morgan fingerprint density at radius 3 is 2.68 bits per heavy atom. The second-order valence-electron chi connectivity index (χ2n) is 4.07. The predicted molar refractivity (Wildman–Crippen MR) is 65.8 cm³/mol. The molecule has 0 aliphatic rings. The van der Waals surface area contributed by atoms with Gasteiger partial charge in [0.05, 0.1) is 13.2 Å². The highest BCUT2D eigenvalue weighted by atomic mass is 19.2. The lowest BCUT2D eigenvalue weighted by atomic mass is 10.0. The van der Waals surface area contributed by atoms with Crippen LogP contribution in [-0.4, -0.2) is 17.2 Å². The topological polar surface area (TPSA) is 42.4 Å². The Labute approximate surface area is 109 Å². The van der Waals surface area contributed by atoms with Gasteiger partial charge in [-0.3, -0.25) is 0 Å². The molecule has 100 valence electrons. The number of aromatic nitrogens is 1. The fraction of sp³-hybridized carbons (Fsp3) is 0.214. The van der Waals surface area contributed by atoms with Crippen molar-refractivity contribution in [2.24, 2.45) is 0 Å². The number of hydrogen-bond donors (Lipinski definition) is 1. The van der Waals surface area contributed by atoms with E-state index in [9.17, 15) is 13.9 Å². The fourth-order valence-corrected chi connectivity index (χ4v) is 1.74. The molecule has 1 aromatic carbocycles. The van der Waals surface area contributed by atoms with Crippen LogP contribution in [0, 0.1) is 11.6 Å². The number of aliphatic hydroxyl groups is 1. The van der Waals surface area contributed by atoms with Crippen LogP contribution in [0.1, 0.15) is 17.2 Å². The number of hydrogen-bond acceptors (Lipinski definition) is 3.